The van der Waals surface area contributed by atoms with E-state index in [2.05, 4.69) is 12.2 Å². The lowest BCUT2D eigenvalue weighted by Gasteiger charge is -2.37. The molecule has 8 rings (SSSR count). The van der Waals surface area contributed by atoms with Crippen molar-refractivity contribution in [2.45, 2.75) is 19.8 Å². The van der Waals surface area contributed by atoms with Crippen molar-refractivity contribution in [3.63, 3.8) is 0 Å². The number of amides is 3. The summed E-state index contributed by atoms with van der Waals surface area (Å²) >= 11 is 0. The third kappa shape index (κ3) is 3.50. The number of hydrogen-bond acceptors (Lipinski definition) is 6. The van der Waals surface area contributed by atoms with Crippen molar-refractivity contribution in [1.82, 2.24) is 0 Å². The van der Waals surface area contributed by atoms with Crippen molar-refractivity contribution in [2.24, 2.45) is 41.4 Å². The molecule has 2 aromatic rings. The summed E-state index contributed by atoms with van der Waals surface area (Å²) in [4.78, 5) is 55.0. The van der Waals surface area contributed by atoms with Gasteiger partial charge in [0.25, 0.3) is 0 Å². The maximum Gasteiger partial charge on any atom is 0.316 e. The van der Waals surface area contributed by atoms with Gasteiger partial charge in [0.1, 0.15) is 11.5 Å². The molecule has 0 unspecified atom stereocenters. The van der Waals surface area contributed by atoms with E-state index < -0.39 is 11.9 Å². The van der Waals surface area contributed by atoms with Gasteiger partial charge in [-0.25, -0.2) is 0 Å². The maximum absolute atomic E-state index is 13.3. The Bertz CT molecular complexity index is 1330. The van der Waals surface area contributed by atoms with Crippen LogP contribution in [0.1, 0.15) is 19.8 Å². The molecular weight excluding hydrogens is 484 g/mol. The molecule has 3 amide bonds. The monoisotopic (exact) mass is 512 g/mol. The second-order valence-electron chi connectivity index (χ2n) is 10.9. The van der Waals surface area contributed by atoms with Crippen molar-refractivity contribution in [3.05, 3.63) is 60.7 Å². The summed E-state index contributed by atoms with van der Waals surface area (Å²) < 4.78 is 11.0. The lowest BCUT2D eigenvalue weighted by molar-refractivity contribution is -0.139. The van der Waals surface area contributed by atoms with Gasteiger partial charge in [-0.3, -0.25) is 24.1 Å². The lowest BCUT2D eigenvalue weighted by Crippen LogP contribution is -2.40. The van der Waals surface area contributed by atoms with Crippen LogP contribution in [0.15, 0.2) is 60.7 Å². The van der Waals surface area contributed by atoms with E-state index in [4.69, 9.17) is 9.47 Å². The molecule has 2 saturated heterocycles. The molecule has 0 N–H and O–H groups in total. The summed E-state index contributed by atoms with van der Waals surface area (Å²) in [7, 11) is 0. The Balaban J connectivity index is 1.01. The molecule has 2 bridgehead atoms. The zero-order chi connectivity index (χ0) is 26.1. The highest BCUT2D eigenvalue weighted by atomic mass is 16.5. The molecule has 38 heavy (non-hydrogen) atoms. The van der Waals surface area contributed by atoms with E-state index in [1.54, 1.807) is 53.4 Å². The number of allylic oxidation sites excluding steroid dienone is 2. The quantitative estimate of drug-likeness (QED) is 0.254. The normalized spacial score (nSPS) is 32.4. The van der Waals surface area contributed by atoms with E-state index in [0.29, 0.717) is 35.6 Å². The fraction of sp³-hybridized carbons (Fsp3) is 0.400. The number of nitrogens with zero attached hydrogens (tertiary/aromatic N) is 2. The summed E-state index contributed by atoms with van der Waals surface area (Å²) in [6.07, 6.45) is 5.51. The fourth-order valence-electron chi connectivity index (χ4n) is 7.08. The Kier molecular flexibility index (Phi) is 5.22. The van der Waals surface area contributed by atoms with Gasteiger partial charge in [-0.2, -0.15) is 0 Å². The standard InChI is InChI=1S/C30H28N2O6/c1-2-37-19-7-3-17(4-8-19)31-15-16(13-25(31)33)30(36)38-20-9-5-18(6-10-20)32-28(34)26-21-11-12-22(24-14-23(21)24)27(26)29(32)35/h3-12,16,21-24,26-27H,2,13-15H2,1H3/t16-,21+,22+,23-,24+,26-,27-/m0/s1. The molecule has 2 saturated carbocycles. The first-order chi connectivity index (χ1) is 18.4. The highest BCUT2D eigenvalue weighted by Gasteiger charge is 2.67. The van der Waals surface area contributed by atoms with Crippen LogP contribution >= 0.6 is 0 Å². The molecule has 0 aromatic heterocycles. The molecule has 8 nitrogen and oxygen atoms in total. The van der Waals surface area contributed by atoms with Crippen molar-refractivity contribution in [2.75, 3.05) is 23.0 Å². The molecular formula is C30H28N2O6. The number of rotatable bonds is 6. The molecule has 2 heterocycles. The van der Waals surface area contributed by atoms with E-state index in [1.807, 2.05) is 6.92 Å². The van der Waals surface area contributed by atoms with E-state index >= 15 is 0 Å². The number of anilines is 2. The predicted octanol–water partition coefficient (Wildman–Crippen LogP) is 3.60. The highest BCUT2D eigenvalue weighted by molar-refractivity contribution is 6.22. The summed E-state index contributed by atoms with van der Waals surface area (Å²) in [5, 5.41) is 0. The molecule has 8 heteroatoms. The van der Waals surface area contributed by atoms with Gasteiger partial charge in [-0.1, -0.05) is 12.2 Å². The van der Waals surface area contributed by atoms with Crippen LogP contribution in [-0.2, 0) is 19.2 Å². The molecule has 6 aliphatic rings. The van der Waals surface area contributed by atoms with Gasteiger partial charge in [-0.15, -0.1) is 0 Å². The summed E-state index contributed by atoms with van der Waals surface area (Å²) in [6.45, 7) is 2.70. The predicted molar refractivity (Wildman–Crippen MR) is 137 cm³/mol. The Labute approximate surface area is 220 Å². The molecule has 7 atom stereocenters. The molecule has 2 aliphatic heterocycles. The molecule has 194 valence electrons. The van der Waals surface area contributed by atoms with Gasteiger partial charge in [0.05, 0.1) is 30.0 Å². The average Bonchev–Trinajstić information content (AvgIpc) is 3.60. The molecule has 0 spiro atoms. The number of imide groups is 1. The van der Waals surface area contributed by atoms with E-state index in [-0.39, 0.29) is 54.4 Å². The van der Waals surface area contributed by atoms with E-state index in [1.165, 1.54) is 4.90 Å². The number of ether oxygens (including phenoxy) is 2. The largest absolute Gasteiger partial charge is 0.494 e. The molecule has 0 radical (unpaired) electrons. The number of carbonyl (C=O) groups is 4. The highest BCUT2D eigenvalue weighted by Crippen LogP contribution is 2.65. The maximum atomic E-state index is 13.3. The van der Waals surface area contributed by atoms with Crippen LogP contribution in [0.4, 0.5) is 11.4 Å². The number of benzene rings is 2. The second kappa shape index (κ2) is 8.55. The van der Waals surface area contributed by atoms with Crippen LogP contribution in [0.2, 0.25) is 0 Å². The van der Waals surface area contributed by atoms with Gasteiger partial charge in [0, 0.05) is 18.7 Å². The van der Waals surface area contributed by atoms with Gasteiger partial charge in [0.2, 0.25) is 17.7 Å². The lowest BCUT2D eigenvalue weighted by atomic mass is 9.63. The third-order valence-corrected chi connectivity index (χ3v) is 8.89. The minimum absolute atomic E-state index is 0.0715. The van der Waals surface area contributed by atoms with E-state index in [9.17, 15) is 19.2 Å². The molecule has 4 aliphatic carbocycles. The Morgan fingerprint density at radius 1 is 0.842 bits per heavy atom. The summed E-state index contributed by atoms with van der Waals surface area (Å²) in [6, 6.07) is 13.7. The zero-order valence-corrected chi connectivity index (χ0v) is 21.0. The minimum Gasteiger partial charge on any atom is -0.494 e. The van der Waals surface area contributed by atoms with Gasteiger partial charge in [0.15, 0.2) is 0 Å². The fourth-order valence-corrected chi connectivity index (χ4v) is 7.08. The Morgan fingerprint density at radius 2 is 1.42 bits per heavy atom. The summed E-state index contributed by atoms with van der Waals surface area (Å²) in [5.74, 6) is 0.532. The van der Waals surface area contributed by atoms with E-state index in [0.717, 1.165) is 12.2 Å². The second-order valence-corrected chi connectivity index (χ2v) is 10.9. The van der Waals surface area contributed by atoms with Crippen LogP contribution in [0.5, 0.6) is 11.5 Å². The average molecular weight is 513 g/mol. The SMILES string of the molecule is CCOc1ccc(N2C[C@@H](C(=O)Oc3ccc(N4C(=O)[C@H]5[C@@H]6C=C[C@H]([C@@H]7C[C@H]67)[C@@H]5C4=O)cc3)CC2=O)cc1. The van der Waals surface area contributed by atoms with Gasteiger partial charge < -0.3 is 14.4 Å². The van der Waals surface area contributed by atoms with Crippen LogP contribution < -0.4 is 19.3 Å². The number of carbonyl (C=O) groups excluding carboxylic acids is 4. The molecule has 2 aromatic carbocycles. The smallest absolute Gasteiger partial charge is 0.316 e. The number of hydrogen-bond donors (Lipinski definition) is 0. The van der Waals surface area contributed by atoms with Crippen LogP contribution in [0.25, 0.3) is 0 Å². The summed E-state index contributed by atoms with van der Waals surface area (Å²) in [5.41, 5.74) is 1.21. The van der Waals surface area contributed by atoms with Crippen LogP contribution in [0, 0.1) is 41.4 Å². The van der Waals surface area contributed by atoms with Crippen molar-refractivity contribution < 1.29 is 28.7 Å². The minimum atomic E-state index is -0.590. The Morgan fingerprint density at radius 3 is 2.03 bits per heavy atom. The van der Waals surface area contributed by atoms with Gasteiger partial charge >= 0.3 is 5.97 Å². The number of esters is 1. The topological polar surface area (TPSA) is 93.2 Å². The zero-order valence-electron chi connectivity index (χ0n) is 21.0. The first-order valence-corrected chi connectivity index (χ1v) is 13.4. The first-order valence-electron chi connectivity index (χ1n) is 13.4. The van der Waals surface area contributed by atoms with Crippen LogP contribution in [0.3, 0.4) is 0 Å². The van der Waals surface area contributed by atoms with Crippen LogP contribution in [-0.4, -0.2) is 36.8 Å². The molecule has 4 fully saturated rings. The van der Waals surface area contributed by atoms with Crippen molar-refractivity contribution in [1.29, 1.82) is 0 Å². The van der Waals surface area contributed by atoms with Crippen molar-refractivity contribution in [3.8, 4) is 11.5 Å². The first kappa shape index (κ1) is 23.2. The van der Waals surface area contributed by atoms with Crippen molar-refractivity contribution >= 4 is 35.1 Å². The Hall–Kier alpha value is -3.94. The third-order valence-electron chi connectivity index (χ3n) is 8.89. The van der Waals surface area contributed by atoms with Gasteiger partial charge in [-0.05, 0) is 85.5 Å².